The topological polar surface area (TPSA) is 113 Å². The Hall–Kier alpha value is -1.93. The van der Waals surface area contributed by atoms with Gasteiger partial charge in [0.2, 0.25) is 15.9 Å². The summed E-state index contributed by atoms with van der Waals surface area (Å²) in [5.74, 6) is -2.30. The van der Waals surface area contributed by atoms with Gasteiger partial charge in [-0.25, -0.2) is 17.9 Å². The monoisotopic (exact) mass is 286 g/mol. The normalized spacial score (nSPS) is 11.0. The molecule has 0 aliphatic rings. The van der Waals surface area contributed by atoms with E-state index in [0.29, 0.717) is 5.56 Å². The van der Waals surface area contributed by atoms with E-state index in [-0.39, 0.29) is 12.1 Å². The summed E-state index contributed by atoms with van der Waals surface area (Å²) in [6.45, 7) is 0.137. The van der Waals surface area contributed by atoms with Gasteiger partial charge in [0.25, 0.3) is 0 Å². The lowest BCUT2D eigenvalue weighted by molar-refractivity contribution is -0.118. The molecule has 0 unspecified atom stereocenters. The van der Waals surface area contributed by atoms with Gasteiger partial charge in [0.15, 0.2) is 0 Å². The third-order valence-corrected chi connectivity index (χ3v) is 3.59. The summed E-state index contributed by atoms with van der Waals surface area (Å²) < 4.78 is 24.2. The highest BCUT2D eigenvalue weighted by Gasteiger charge is 2.13. The lowest BCUT2D eigenvalue weighted by atomic mass is 10.1. The summed E-state index contributed by atoms with van der Waals surface area (Å²) in [5, 5.41) is 11.1. The highest BCUT2D eigenvalue weighted by Crippen LogP contribution is 2.04. The number of benzene rings is 1. The number of hydrogen-bond donors (Lipinski definition) is 3. The van der Waals surface area contributed by atoms with E-state index in [0.717, 1.165) is 0 Å². The fourth-order valence-electron chi connectivity index (χ4n) is 1.26. The van der Waals surface area contributed by atoms with E-state index in [9.17, 15) is 18.0 Å². The van der Waals surface area contributed by atoms with E-state index in [1.165, 1.54) is 19.2 Å². The zero-order valence-corrected chi connectivity index (χ0v) is 11.0. The molecule has 19 heavy (non-hydrogen) atoms. The molecule has 0 spiro atoms. The van der Waals surface area contributed by atoms with Gasteiger partial charge in [-0.1, -0.05) is 12.1 Å². The van der Waals surface area contributed by atoms with Gasteiger partial charge >= 0.3 is 5.97 Å². The molecule has 0 aliphatic heterocycles. The van der Waals surface area contributed by atoms with Crippen LogP contribution < -0.4 is 10.0 Å². The quantitative estimate of drug-likeness (QED) is 0.655. The summed E-state index contributed by atoms with van der Waals surface area (Å²) in [6.07, 6.45) is 0. The van der Waals surface area contributed by atoms with Crippen LogP contribution >= 0.6 is 0 Å². The molecule has 0 saturated heterocycles. The average molecular weight is 286 g/mol. The second-order valence-electron chi connectivity index (χ2n) is 3.74. The zero-order valence-electron chi connectivity index (χ0n) is 10.2. The van der Waals surface area contributed by atoms with Crippen LogP contribution in [-0.4, -0.2) is 38.2 Å². The third-order valence-electron chi connectivity index (χ3n) is 2.32. The smallest absolute Gasteiger partial charge is 0.335 e. The van der Waals surface area contributed by atoms with Crippen molar-refractivity contribution in [2.24, 2.45) is 0 Å². The van der Waals surface area contributed by atoms with Gasteiger partial charge in [-0.3, -0.25) is 4.79 Å². The fraction of sp³-hybridized carbons (Fsp3) is 0.273. The van der Waals surface area contributed by atoms with Gasteiger partial charge in [0.1, 0.15) is 5.75 Å². The number of carboxylic acids is 1. The van der Waals surface area contributed by atoms with E-state index in [4.69, 9.17) is 5.11 Å². The largest absolute Gasteiger partial charge is 0.478 e. The molecule has 0 heterocycles. The first-order valence-electron chi connectivity index (χ1n) is 5.34. The molecule has 0 aliphatic carbocycles. The maximum absolute atomic E-state index is 11.3. The Bertz CT molecular complexity index is 565. The minimum atomic E-state index is -3.58. The Balaban J connectivity index is 2.53. The standard InChI is InChI=1S/C11H14N2O5S/c1-12-19(17,18)7-10(14)13-6-8-2-4-9(5-3-8)11(15)16/h2-5,12H,6-7H2,1H3,(H,13,14)(H,15,16). The number of hydrogen-bond acceptors (Lipinski definition) is 4. The predicted octanol–water partition coefficient (Wildman–Crippen LogP) is -0.450. The van der Waals surface area contributed by atoms with E-state index in [1.807, 2.05) is 4.72 Å². The fourth-order valence-corrected chi connectivity index (χ4v) is 1.85. The molecule has 104 valence electrons. The Labute approximate surface area is 110 Å². The first kappa shape index (κ1) is 15.1. The van der Waals surface area contributed by atoms with Crippen molar-refractivity contribution >= 4 is 21.9 Å². The van der Waals surface area contributed by atoms with Crippen molar-refractivity contribution in [1.29, 1.82) is 0 Å². The SMILES string of the molecule is CNS(=O)(=O)CC(=O)NCc1ccc(C(=O)O)cc1. The Morgan fingerprint density at radius 3 is 2.26 bits per heavy atom. The van der Waals surface area contributed by atoms with Gasteiger partial charge in [0.05, 0.1) is 5.56 Å². The minimum absolute atomic E-state index is 0.137. The van der Waals surface area contributed by atoms with Crippen LogP contribution in [0.25, 0.3) is 0 Å². The average Bonchev–Trinajstić information content (AvgIpc) is 2.36. The number of nitrogens with one attached hydrogen (secondary N) is 2. The van der Waals surface area contributed by atoms with Crippen LogP contribution in [0.3, 0.4) is 0 Å². The number of sulfonamides is 1. The molecule has 7 nitrogen and oxygen atoms in total. The van der Waals surface area contributed by atoms with Crippen LogP contribution in [-0.2, 0) is 21.4 Å². The molecule has 0 saturated carbocycles. The first-order chi connectivity index (χ1) is 8.84. The third kappa shape index (κ3) is 5.06. The molecule has 3 N–H and O–H groups in total. The van der Waals surface area contributed by atoms with Crippen LogP contribution in [0.15, 0.2) is 24.3 Å². The molecule has 1 aromatic rings. The zero-order chi connectivity index (χ0) is 14.5. The summed E-state index contributed by atoms with van der Waals surface area (Å²) in [7, 11) is -2.35. The second kappa shape index (κ2) is 6.30. The molecule has 1 amide bonds. The molecule has 0 fully saturated rings. The summed E-state index contributed by atoms with van der Waals surface area (Å²) in [4.78, 5) is 22.0. The van der Waals surface area contributed by atoms with Crippen LogP contribution in [0, 0.1) is 0 Å². The summed E-state index contributed by atoms with van der Waals surface area (Å²) >= 11 is 0. The number of aromatic carboxylic acids is 1. The van der Waals surface area contributed by atoms with E-state index in [1.54, 1.807) is 12.1 Å². The van der Waals surface area contributed by atoms with Crippen molar-refractivity contribution in [2.45, 2.75) is 6.54 Å². The van der Waals surface area contributed by atoms with Crippen LogP contribution in [0.4, 0.5) is 0 Å². The van der Waals surface area contributed by atoms with Crippen molar-refractivity contribution in [3.8, 4) is 0 Å². The van der Waals surface area contributed by atoms with Crippen molar-refractivity contribution in [3.05, 3.63) is 35.4 Å². The molecule has 0 atom stereocenters. The highest BCUT2D eigenvalue weighted by molar-refractivity contribution is 7.90. The van der Waals surface area contributed by atoms with Crippen molar-refractivity contribution in [3.63, 3.8) is 0 Å². The van der Waals surface area contributed by atoms with Gasteiger partial charge in [0, 0.05) is 6.54 Å². The molecule has 0 bridgehead atoms. The molecule has 1 rings (SSSR count). The van der Waals surface area contributed by atoms with Crippen molar-refractivity contribution in [2.75, 3.05) is 12.8 Å². The molecule has 0 radical (unpaired) electrons. The Morgan fingerprint density at radius 1 is 1.21 bits per heavy atom. The Morgan fingerprint density at radius 2 is 1.79 bits per heavy atom. The van der Waals surface area contributed by atoms with Gasteiger partial charge in [-0.05, 0) is 24.7 Å². The molecule has 0 aromatic heterocycles. The highest BCUT2D eigenvalue weighted by atomic mass is 32.2. The van der Waals surface area contributed by atoms with E-state index < -0.39 is 27.7 Å². The molecule has 8 heteroatoms. The van der Waals surface area contributed by atoms with Gasteiger partial charge in [-0.2, -0.15) is 0 Å². The lowest BCUT2D eigenvalue weighted by Crippen LogP contribution is -2.34. The number of carbonyl (C=O) groups excluding carboxylic acids is 1. The van der Waals surface area contributed by atoms with Gasteiger partial charge in [-0.15, -0.1) is 0 Å². The number of amides is 1. The van der Waals surface area contributed by atoms with Crippen LogP contribution in [0.2, 0.25) is 0 Å². The number of carboxylic acid groups (broad SMARTS) is 1. The second-order valence-corrected chi connectivity index (χ2v) is 5.67. The van der Waals surface area contributed by atoms with E-state index in [2.05, 4.69) is 5.32 Å². The summed E-state index contributed by atoms with van der Waals surface area (Å²) in [6, 6.07) is 5.93. The minimum Gasteiger partial charge on any atom is -0.478 e. The predicted molar refractivity (Wildman–Crippen MR) is 68.1 cm³/mol. The molecular formula is C11H14N2O5S. The lowest BCUT2D eigenvalue weighted by Gasteiger charge is -2.06. The molecular weight excluding hydrogens is 272 g/mol. The van der Waals surface area contributed by atoms with E-state index >= 15 is 0 Å². The van der Waals surface area contributed by atoms with Gasteiger partial charge < -0.3 is 10.4 Å². The molecule has 1 aromatic carbocycles. The number of rotatable bonds is 6. The number of carbonyl (C=O) groups is 2. The van der Waals surface area contributed by atoms with Crippen LogP contribution in [0.1, 0.15) is 15.9 Å². The summed E-state index contributed by atoms with van der Waals surface area (Å²) in [5.41, 5.74) is 0.827. The maximum Gasteiger partial charge on any atom is 0.335 e. The van der Waals surface area contributed by atoms with Crippen molar-refractivity contribution in [1.82, 2.24) is 10.0 Å². The van der Waals surface area contributed by atoms with Crippen molar-refractivity contribution < 1.29 is 23.1 Å². The maximum atomic E-state index is 11.3. The van der Waals surface area contributed by atoms with Crippen LogP contribution in [0.5, 0.6) is 0 Å². The Kier molecular flexibility index (Phi) is 5.02. The first-order valence-corrected chi connectivity index (χ1v) is 6.99.